The first kappa shape index (κ1) is 12.2. The lowest BCUT2D eigenvalue weighted by Crippen LogP contribution is -2.62. The molecule has 2 aliphatic heterocycles. The summed E-state index contributed by atoms with van der Waals surface area (Å²) in [5, 5.41) is 2.92. The molecule has 0 aliphatic carbocycles. The standard InChI is InChI=1S/C11H21N3OS/c1-12-7-10(15)13-8-11(9-13)3-5-14(16-2)6-4-11/h12H,3-9H2,1-2H3. The maximum absolute atomic E-state index is 11.6. The number of carbonyl (C=O) groups excluding carboxylic acids is 1. The van der Waals surface area contributed by atoms with E-state index in [9.17, 15) is 4.79 Å². The van der Waals surface area contributed by atoms with Gasteiger partial charge in [0.2, 0.25) is 5.91 Å². The van der Waals surface area contributed by atoms with E-state index in [0.29, 0.717) is 12.0 Å². The minimum Gasteiger partial charge on any atom is -0.340 e. The Labute approximate surface area is 102 Å². The van der Waals surface area contributed by atoms with E-state index in [-0.39, 0.29) is 5.91 Å². The van der Waals surface area contributed by atoms with Gasteiger partial charge in [-0.15, -0.1) is 0 Å². The number of amides is 1. The molecule has 0 saturated carbocycles. The highest BCUT2D eigenvalue weighted by atomic mass is 32.2. The molecule has 16 heavy (non-hydrogen) atoms. The number of likely N-dealkylation sites (tertiary alicyclic amines) is 1. The Morgan fingerprint density at radius 3 is 2.50 bits per heavy atom. The van der Waals surface area contributed by atoms with E-state index in [1.807, 2.05) is 23.9 Å². The van der Waals surface area contributed by atoms with Crippen LogP contribution in [0.1, 0.15) is 12.8 Å². The molecule has 0 atom stereocenters. The molecule has 0 bridgehead atoms. The van der Waals surface area contributed by atoms with Crippen LogP contribution >= 0.6 is 11.9 Å². The van der Waals surface area contributed by atoms with Crippen molar-refractivity contribution in [2.24, 2.45) is 5.41 Å². The zero-order valence-electron chi connectivity index (χ0n) is 10.2. The Kier molecular flexibility index (Phi) is 3.77. The highest BCUT2D eigenvalue weighted by Gasteiger charge is 2.46. The fourth-order valence-corrected chi connectivity index (χ4v) is 3.21. The van der Waals surface area contributed by atoms with Crippen LogP contribution in [0.2, 0.25) is 0 Å². The van der Waals surface area contributed by atoms with Gasteiger partial charge in [-0.05, 0) is 26.1 Å². The summed E-state index contributed by atoms with van der Waals surface area (Å²) in [4.78, 5) is 13.6. The quantitative estimate of drug-likeness (QED) is 0.728. The van der Waals surface area contributed by atoms with E-state index in [1.54, 1.807) is 0 Å². The molecule has 2 saturated heterocycles. The second kappa shape index (κ2) is 4.94. The molecule has 0 aromatic carbocycles. The molecule has 92 valence electrons. The third-order valence-corrected chi connectivity index (χ3v) is 4.66. The van der Waals surface area contributed by atoms with Crippen molar-refractivity contribution in [1.82, 2.24) is 14.5 Å². The van der Waals surface area contributed by atoms with Gasteiger partial charge >= 0.3 is 0 Å². The van der Waals surface area contributed by atoms with E-state index in [2.05, 4.69) is 15.9 Å². The Balaban J connectivity index is 1.77. The number of hydrogen-bond donors (Lipinski definition) is 1. The monoisotopic (exact) mass is 243 g/mol. The van der Waals surface area contributed by atoms with Gasteiger partial charge in [0.25, 0.3) is 0 Å². The van der Waals surface area contributed by atoms with Crippen molar-refractivity contribution in [3.8, 4) is 0 Å². The van der Waals surface area contributed by atoms with Crippen molar-refractivity contribution >= 4 is 17.9 Å². The predicted octanol–water partition coefficient (Wildman–Crippen LogP) is 0.408. The number of piperidine rings is 1. The molecule has 0 aromatic heterocycles. The first-order chi connectivity index (χ1) is 7.69. The molecule has 2 fully saturated rings. The number of rotatable bonds is 3. The van der Waals surface area contributed by atoms with Gasteiger partial charge in [0.15, 0.2) is 0 Å². The fraction of sp³-hybridized carbons (Fsp3) is 0.909. The van der Waals surface area contributed by atoms with Crippen molar-refractivity contribution in [2.45, 2.75) is 12.8 Å². The normalized spacial score (nSPS) is 24.5. The van der Waals surface area contributed by atoms with Gasteiger partial charge in [-0.2, -0.15) is 0 Å². The maximum Gasteiger partial charge on any atom is 0.236 e. The summed E-state index contributed by atoms with van der Waals surface area (Å²) in [6.07, 6.45) is 4.63. The van der Waals surface area contributed by atoms with Crippen LogP contribution in [0.4, 0.5) is 0 Å². The number of nitrogens with one attached hydrogen (secondary N) is 1. The highest BCUT2D eigenvalue weighted by molar-refractivity contribution is 7.96. The summed E-state index contributed by atoms with van der Waals surface area (Å²) in [5.74, 6) is 0.250. The van der Waals surface area contributed by atoms with Gasteiger partial charge in [-0.1, -0.05) is 11.9 Å². The number of likely N-dealkylation sites (N-methyl/N-ethyl adjacent to an activating group) is 1. The van der Waals surface area contributed by atoms with Gasteiger partial charge in [-0.25, -0.2) is 0 Å². The first-order valence-electron chi connectivity index (χ1n) is 5.90. The molecule has 2 heterocycles. The molecule has 1 spiro atoms. The van der Waals surface area contributed by atoms with Crippen LogP contribution in [0.3, 0.4) is 0 Å². The minimum absolute atomic E-state index is 0.250. The lowest BCUT2D eigenvalue weighted by molar-refractivity contribution is -0.144. The smallest absolute Gasteiger partial charge is 0.236 e. The summed E-state index contributed by atoms with van der Waals surface area (Å²) in [6, 6.07) is 0. The van der Waals surface area contributed by atoms with Gasteiger partial charge in [0.1, 0.15) is 0 Å². The lowest BCUT2D eigenvalue weighted by Gasteiger charge is -2.53. The molecule has 1 amide bonds. The SMILES string of the molecule is CNCC(=O)N1CC2(CCN(SC)CC2)C1. The highest BCUT2D eigenvalue weighted by Crippen LogP contribution is 2.41. The Morgan fingerprint density at radius 2 is 2.00 bits per heavy atom. The van der Waals surface area contributed by atoms with Crippen LogP contribution < -0.4 is 5.32 Å². The maximum atomic E-state index is 11.6. The summed E-state index contributed by atoms with van der Waals surface area (Å²) in [6.45, 7) is 4.79. The second-order valence-electron chi connectivity index (χ2n) is 4.89. The van der Waals surface area contributed by atoms with Crippen molar-refractivity contribution in [1.29, 1.82) is 0 Å². The Bertz CT molecular complexity index is 256. The zero-order valence-corrected chi connectivity index (χ0v) is 11.0. The van der Waals surface area contributed by atoms with Crippen LogP contribution in [-0.4, -0.2) is 61.1 Å². The van der Waals surface area contributed by atoms with Gasteiger partial charge in [-0.3, -0.25) is 9.10 Å². The second-order valence-corrected chi connectivity index (χ2v) is 5.77. The largest absolute Gasteiger partial charge is 0.340 e. The molecule has 2 rings (SSSR count). The number of hydrogen-bond acceptors (Lipinski definition) is 4. The van der Waals surface area contributed by atoms with Crippen molar-refractivity contribution in [2.75, 3.05) is 46.0 Å². The van der Waals surface area contributed by atoms with Crippen LogP contribution in [0.5, 0.6) is 0 Å². The zero-order chi connectivity index (χ0) is 11.6. The molecule has 0 unspecified atom stereocenters. The van der Waals surface area contributed by atoms with E-state index in [1.165, 1.54) is 25.9 Å². The summed E-state index contributed by atoms with van der Waals surface area (Å²) in [7, 11) is 1.82. The van der Waals surface area contributed by atoms with Crippen molar-refractivity contribution < 1.29 is 4.79 Å². The van der Waals surface area contributed by atoms with Crippen LogP contribution in [0.25, 0.3) is 0 Å². The topological polar surface area (TPSA) is 35.6 Å². The van der Waals surface area contributed by atoms with Crippen LogP contribution in [-0.2, 0) is 4.79 Å². The van der Waals surface area contributed by atoms with Crippen LogP contribution in [0, 0.1) is 5.41 Å². The molecular weight excluding hydrogens is 222 g/mol. The van der Waals surface area contributed by atoms with Gasteiger partial charge < -0.3 is 10.2 Å². The minimum atomic E-state index is 0.250. The molecule has 1 N–H and O–H groups in total. The molecule has 0 aromatic rings. The summed E-state index contributed by atoms with van der Waals surface area (Å²) >= 11 is 1.84. The third kappa shape index (κ3) is 2.36. The Hall–Kier alpha value is -0.260. The Morgan fingerprint density at radius 1 is 1.38 bits per heavy atom. The number of carbonyl (C=O) groups is 1. The summed E-state index contributed by atoms with van der Waals surface area (Å²) in [5.41, 5.74) is 0.454. The fourth-order valence-electron chi connectivity index (χ4n) is 2.66. The molecule has 5 heteroatoms. The van der Waals surface area contributed by atoms with E-state index >= 15 is 0 Å². The van der Waals surface area contributed by atoms with E-state index in [4.69, 9.17) is 0 Å². The average Bonchev–Trinajstić information content (AvgIpc) is 2.26. The molecule has 0 radical (unpaired) electrons. The lowest BCUT2D eigenvalue weighted by atomic mass is 9.72. The van der Waals surface area contributed by atoms with Crippen LogP contribution in [0.15, 0.2) is 0 Å². The van der Waals surface area contributed by atoms with Crippen molar-refractivity contribution in [3.63, 3.8) is 0 Å². The third-order valence-electron chi connectivity index (χ3n) is 3.77. The first-order valence-corrected chi connectivity index (χ1v) is 7.09. The predicted molar refractivity (Wildman–Crippen MR) is 67.3 cm³/mol. The van der Waals surface area contributed by atoms with E-state index in [0.717, 1.165) is 13.1 Å². The summed E-state index contributed by atoms with van der Waals surface area (Å²) < 4.78 is 2.42. The number of nitrogens with zero attached hydrogens (tertiary/aromatic N) is 2. The van der Waals surface area contributed by atoms with Crippen molar-refractivity contribution in [3.05, 3.63) is 0 Å². The molecular formula is C11H21N3OS. The van der Waals surface area contributed by atoms with E-state index < -0.39 is 0 Å². The molecule has 2 aliphatic rings. The van der Waals surface area contributed by atoms with Gasteiger partial charge in [0, 0.05) is 31.6 Å². The van der Waals surface area contributed by atoms with Gasteiger partial charge in [0.05, 0.1) is 6.54 Å². The average molecular weight is 243 g/mol. The molecule has 4 nitrogen and oxygen atoms in total.